The Labute approximate surface area is 198 Å². The number of carbonyl (C=O) groups is 2. The molecule has 0 radical (unpaired) electrons. The predicted molar refractivity (Wildman–Crippen MR) is 124 cm³/mol. The summed E-state index contributed by atoms with van der Waals surface area (Å²) in [5.41, 5.74) is 0.0518. The lowest BCUT2D eigenvalue weighted by atomic mass is 10.1. The highest BCUT2D eigenvalue weighted by Crippen LogP contribution is 2.34. The van der Waals surface area contributed by atoms with Gasteiger partial charge in [-0.25, -0.2) is 9.67 Å². The highest BCUT2D eigenvalue weighted by Gasteiger charge is 2.33. The second-order valence-corrected chi connectivity index (χ2v) is 7.63. The van der Waals surface area contributed by atoms with Crippen molar-refractivity contribution in [3.05, 3.63) is 96.3 Å². The Hall–Kier alpha value is -4.47. The summed E-state index contributed by atoms with van der Waals surface area (Å²) in [7, 11) is 1.35. The number of carbonyl (C=O) groups excluding carboxylic acids is 2. The Balaban J connectivity index is 1.56. The van der Waals surface area contributed by atoms with Crippen LogP contribution in [0.15, 0.2) is 84.9 Å². The van der Waals surface area contributed by atoms with Gasteiger partial charge in [0.2, 0.25) is 11.7 Å². The maximum atomic E-state index is 13.2. The molecule has 4 aromatic rings. The second-order valence-electron chi connectivity index (χ2n) is 7.63. The minimum absolute atomic E-state index is 0.154. The van der Waals surface area contributed by atoms with E-state index in [0.29, 0.717) is 11.5 Å². The van der Waals surface area contributed by atoms with Crippen LogP contribution < -0.4 is 5.32 Å². The van der Waals surface area contributed by atoms with Gasteiger partial charge in [-0.15, -0.1) is 5.10 Å². The number of hydrogen-bond acceptors (Lipinski definition) is 4. The number of nitrogens with zero attached hydrogens (tertiary/aromatic N) is 4. The van der Waals surface area contributed by atoms with Crippen LogP contribution >= 0.6 is 0 Å². The molecule has 1 heterocycles. The molecule has 0 atom stereocenters. The smallest absolute Gasteiger partial charge is 0.330 e. The van der Waals surface area contributed by atoms with Crippen LogP contribution in [0.25, 0.3) is 17.1 Å². The van der Waals surface area contributed by atoms with Crippen molar-refractivity contribution in [2.75, 3.05) is 18.9 Å². The number of aromatic nitrogens is 3. The van der Waals surface area contributed by atoms with Crippen LogP contribution in [0.3, 0.4) is 0 Å². The van der Waals surface area contributed by atoms with E-state index in [-0.39, 0.29) is 11.5 Å². The lowest BCUT2D eigenvalue weighted by molar-refractivity contribution is -0.137. The standard InChI is InChI=1S/C25H20F3N5O2/c1-32(16-21(34)29-20-15-9-8-14-19(20)25(26,27)28)24(35)22-30-23(17-10-4-2-5-11-17)33(31-22)18-12-6-3-7-13-18/h2-15H,16H2,1H3,(H,29,34). The summed E-state index contributed by atoms with van der Waals surface area (Å²) in [6.07, 6.45) is -4.63. The molecule has 1 aromatic heterocycles. The van der Waals surface area contributed by atoms with Crippen molar-refractivity contribution in [2.24, 2.45) is 0 Å². The van der Waals surface area contributed by atoms with Crippen LogP contribution in [0.4, 0.5) is 18.9 Å². The molecule has 10 heteroatoms. The van der Waals surface area contributed by atoms with Crippen molar-refractivity contribution in [1.29, 1.82) is 0 Å². The van der Waals surface area contributed by atoms with Gasteiger partial charge in [0.25, 0.3) is 5.91 Å². The number of benzene rings is 3. The second kappa shape index (κ2) is 9.80. The number of nitrogens with one attached hydrogen (secondary N) is 1. The summed E-state index contributed by atoms with van der Waals surface area (Å²) >= 11 is 0. The molecule has 0 unspecified atom stereocenters. The van der Waals surface area contributed by atoms with Crippen molar-refractivity contribution >= 4 is 17.5 Å². The number of rotatable bonds is 6. The van der Waals surface area contributed by atoms with E-state index < -0.39 is 30.1 Å². The van der Waals surface area contributed by atoms with E-state index in [9.17, 15) is 22.8 Å². The van der Waals surface area contributed by atoms with Gasteiger partial charge in [-0.05, 0) is 24.3 Å². The molecule has 0 spiro atoms. The first kappa shape index (κ1) is 23.7. The van der Waals surface area contributed by atoms with E-state index in [2.05, 4.69) is 15.4 Å². The first-order chi connectivity index (χ1) is 16.7. The molecule has 4 rings (SSSR count). The molecule has 0 aliphatic rings. The fourth-order valence-corrected chi connectivity index (χ4v) is 3.41. The maximum absolute atomic E-state index is 13.2. The fraction of sp³-hybridized carbons (Fsp3) is 0.120. The third-order valence-electron chi connectivity index (χ3n) is 5.07. The average molecular weight is 479 g/mol. The summed E-state index contributed by atoms with van der Waals surface area (Å²) in [5, 5.41) is 6.57. The Kier molecular flexibility index (Phi) is 6.63. The molecule has 0 saturated heterocycles. The van der Waals surface area contributed by atoms with Crippen LogP contribution in [0.1, 0.15) is 16.2 Å². The van der Waals surface area contributed by atoms with Crippen molar-refractivity contribution in [3.8, 4) is 17.1 Å². The summed E-state index contributed by atoms with van der Waals surface area (Å²) in [5.74, 6) is -1.17. The molecule has 178 valence electrons. The first-order valence-electron chi connectivity index (χ1n) is 10.5. The largest absolute Gasteiger partial charge is 0.418 e. The van der Waals surface area contributed by atoms with Crippen molar-refractivity contribution < 1.29 is 22.8 Å². The molecule has 7 nitrogen and oxygen atoms in total. The number of hydrogen-bond donors (Lipinski definition) is 1. The molecule has 0 aliphatic heterocycles. The van der Waals surface area contributed by atoms with Crippen molar-refractivity contribution in [2.45, 2.75) is 6.18 Å². The fourth-order valence-electron chi connectivity index (χ4n) is 3.41. The molecule has 1 N–H and O–H groups in total. The van der Waals surface area contributed by atoms with Crippen LogP contribution in [-0.4, -0.2) is 45.1 Å². The van der Waals surface area contributed by atoms with Gasteiger partial charge in [0.05, 0.1) is 23.5 Å². The monoisotopic (exact) mass is 479 g/mol. The quantitative estimate of drug-likeness (QED) is 0.436. The number of amides is 2. The number of halogens is 3. The van der Waals surface area contributed by atoms with E-state index >= 15 is 0 Å². The summed E-state index contributed by atoms with van der Waals surface area (Å²) in [6, 6.07) is 22.9. The summed E-state index contributed by atoms with van der Waals surface area (Å²) in [6.45, 7) is -0.494. The zero-order valence-corrected chi connectivity index (χ0v) is 18.5. The van der Waals surface area contributed by atoms with Gasteiger partial charge in [0.15, 0.2) is 5.82 Å². The summed E-state index contributed by atoms with van der Waals surface area (Å²) < 4.78 is 41.1. The zero-order chi connectivity index (χ0) is 25.0. The Morgan fingerprint density at radius 2 is 1.51 bits per heavy atom. The van der Waals surface area contributed by atoms with Crippen LogP contribution in [0, 0.1) is 0 Å². The van der Waals surface area contributed by atoms with Gasteiger partial charge >= 0.3 is 6.18 Å². The highest BCUT2D eigenvalue weighted by molar-refractivity contribution is 5.98. The minimum atomic E-state index is -4.63. The number of anilines is 1. The molecule has 0 bridgehead atoms. The lowest BCUT2D eigenvalue weighted by Crippen LogP contribution is -2.35. The van der Waals surface area contributed by atoms with E-state index in [1.54, 1.807) is 0 Å². The normalized spacial score (nSPS) is 11.2. The van der Waals surface area contributed by atoms with Gasteiger partial charge in [0, 0.05) is 12.6 Å². The Bertz CT molecular complexity index is 1280. The minimum Gasteiger partial charge on any atom is -0.330 e. The molecule has 0 saturated carbocycles. The topological polar surface area (TPSA) is 80.1 Å². The molecule has 0 aliphatic carbocycles. The Morgan fingerprint density at radius 1 is 0.914 bits per heavy atom. The van der Waals surface area contributed by atoms with Crippen LogP contribution in [-0.2, 0) is 11.0 Å². The Morgan fingerprint density at radius 3 is 2.17 bits per heavy atom. The van der Waals surface area contributed by atoms with Gasteiger partial charge in [-0.1, -0.05) is 60.7 Å². The molecular formula is C25H20F3N5O2. The first-order valence-corrected chi connectivity index (χ1v) is 10.5. The van der Waals surface area contributed by atoms with Gasteiger partial charge in [-0.2, -0.15) is 13.2 Å². The van der Waals surface area contributed by atoms with E-state index in [4.69, 9.17) is 0 Å². The van der Waals surface area contributed by atoms with Gasteiger partial charge in [0.1, 0.15) is 0 Å². The van der Waals surface area contributed by atoms with E-state index in [1.807, 2.05) is 60.7 Å². The van der Waals surface area contributed by atoms with E-state index in [0.717, 1.165) is 22.6 Å². The zero-order valence-electron chi connectivity index (χ0n) is 18.5. The predicted octanol–water partition coefficient (Wildman–Crippen LogP) is 4.66. The molecular weight excluding hydrogens is 459 g/mol. The highest BCUT2D eigenvalue weighted by atomic mass is 19.4. The average Bonchev–Trinajstić information content (AvgIpc) is 3.30. The molecule has 3 aromatic carbocycles. The maximum Gasteiger partial charge on any atom is 0.418 e. The van der Waals surface area contributed by atoms with Gasteiger partial charge in [-0.3, -0.25) is 9.59 Å². The number of para-hydroxylation sites is 2. The van der Waals surface area contributed by atoms with Gasteiger partial charge < -0.3 is 10.2 Å². The van der Waals surface area contributed by atoms with Crippen molar-refractivity contribution in [3.63, 3.8) is 0 Å². The van der Waals surface area contributed by atoms with Crippen LogP contribution in [0.5, 0.6) is 0 Å². The molecule has 2 amide bonds. The number of alkyl halides is 3. The van der Waals surface area contributed by atoms with Crippen LogP contribution in [0.2, 0.25) is 0 Å². The lowest BCUT2D eigenvalue weighted by Gasteiger charge is -2.17. The van der Waals surface area contributed by atoms with E-state index in [1.165, 1.54) is 23.9 Å². The summed E-state index contributed by atoms with van der Waals surface area (Å²) in [4.78, 5) is 30.9. The SMILES string of the molecule is CN(CC(=O)Nc1ccccc1C(F)(F)F)C(=O)c1nc(-c2ccccc2)n(-c2ccccc2)n1. The third-order valence-corrected chi connectivity index (χ3v) is 5.07. The molecule has 0 fully saturated rings. The third kappa shape index (κ3) is 5.37. The number of likely N-dealkylation sites (N-methyl/N-ethyl adjacent to an activating group) is 1. The molecule has 35 heavy (non-hydrogen) atoms. The van der Waals surface area contributed by atoms with Crippen molar-refractivity contribution in [1.82, 2.24) is 19.7 Å².